The standard InChI is InChI=1S/C23H18N2O4S/c1-28-22(27)15-10-12-17(13-11-15)24-21(26)18-7-3-2-6-16(18)14-30-23-25-19-8-4-5-9-20(19)29-23/h2-13H,14H2,1H3,(H,24,26). The summed E-state index contributed by atoms with van der Waals surface area (Å²) < 4.78 is 10.4. The number of fused-ring (bicyclic) bond motifs is 1. The van der Waals surface area contributed by atoms with Crippen LogP contribution >= 0.6 is 11.8 Å². The molecular formula is C23H18N2O4S. The van der Waals surface area contributed by atoms with Crippen LogP contribution in [-0.2, 0) is 10.5 Å². The van der Waals surface area contributed by atoms with Crippen molar-refractivity contribution in [1.29, 1.82) is 0 Å². The van der Waals surface area contributed by atoms with Gasteiger partial charge in [-0.1, -0.05) is 42.1 Å². The first-order valence-electron chi connectivity index (χ1n) is 9.20. The number of amides is 1. The van der Waals surface area contributed by atoms with Gasteiger partial charge in [0.2, 0.25) is 0 Å². The van der Waals surface area contributed by atoms with Gasteiger partial charge in [-0.15, -0.1) is 0 Å². The first kappa shape index (κ1) is 19.7. The van der Waals surface area contributed by atoms with Gasteiger partial charge < -0.3 is 14.5 Å². The second-order valence-electron chi connectivity index (χ2n) is 6.42. The molecular weight excluding hydrogens is 400 g/mol. The van der Waals surface area contributed by atoms with Crippen molar-refractivity contribution in [3.63, 3.8) is 0 Å². The molecule has 0 radical (unpaired) electrons. The fourth-order valence-corrected chi connectivity index (χ4v) is 3.77. The maximum absolute atomic E-state index is 12.8. The number of nitrogens with zero attached hydrogens (tertiary/aromatic N) is 1. The Labute approximate surface area is 177 Å². The second kappa shape index (κ2) is 8.84. The summed E-state index contributed by atoms with van der Waals surface area (Å²) >= 11 is 1.44. The molecule has 0 aliphatic rings. The normalized spacial score (nSPS) is 10.7. The molecule has 0 aliphatic carbocycles. The van der Waals surface area contributed by atoms with Crippen LogP contribution in [0.3, 0.4) is 0 Å². The third-order valence-electron chi connectivity index (χ3n) is 4.45. The van der Waals surface area contributed by atoms with Crippen molar-refractivity contribution in [1.82, 2.24) is 4.98 Å². The van der Waals surface area contributed by atoms with Gasteiger partial charge in [-0.2, -0.15) is 0 Å². The fourth-order valence-electron chi connectivity index (χ4n) is 2.93. The van der Waals surface area contributed by atoms with Gasteiger partial charge in [-0.25, -0.2) is 9.78 Å². The van der Waals surface area contributed by atoms with Crippen LogP contribution in [0.4, 0.5) is 5.69 Å². The van der Waals surface area contributed by atoms with Gasteiger partial charge in [0.05, 0.1) is 12.7 Å². The summed E-state index contributed by atoms with van der Waals surface area (Å²) in [7, 11) is 1.33. The number of aromatic nitrogens is 1. The van der Waals surface area contributed by atoms with E-state index in [-0.39, 0.29) is 5.91 Å². The van der Waals surface area contributed by atoms with E-state index < -0.39 is 5.97 Å². The van der Waals surface area contributed by atoms with Crippen LogP contribution in [0.2, 0.25) is 0 Å². The number of nitrogens with one attached hydrogen (secondary N) is 1. The molecule has 1 N–H and O–H groups in total. The average molecular weight is 418 g/mol. The number of thioether (sulfide) groups is 1. The highest BCUT2D eigenvalue weighted by atomic mass is 32.2. The van der Waals surface area contributed by atoms with E-state index >= 15 is 0 Å². The molecule has 0 bridgehead atoms. The van der Waals surface area contributed by atoms with E-state index in [1.807, 2.05) is 42.5 Å². The highest BCUT2D eigenvalue weighted by Gasteiger charge is 2.14. The molecule has 1 aromatic heterocycles. The number of esters is 1. The molecule has 7 heteroatoms. The number of para-hydroxylation sites is 2. The van der Waals surface area contributed by atoms with Gasteiger partial charge >= 0.3 is 5.97 Å². The lowest BCUT2D eigenvalue weighted by atomic mass is 10.1. The Bertz CT molecular complexity index is 1170. The topological polar surface area (TPSA) is 81.4 Å². The van der Waals surface area contributed by atoms with Crippen LogP contribution in [0.1, 0.15) is 26.3 Å². The lowest BCUT2D eigenvalue weighted by molar-refractivity contribution is 0.0600. The SMILES string of the molecule is COC(=O)c1ccc(NC(=O)c2ccccc2CSc2nc3ccccc3o2)cc1. The first-order valence-corrected chi connectivity index (χ1v) is 10.2. The lowest BCUT2D eigenvalue weighted by Gasteiger charge is -2.10. The molecule has 1 heterocycles. The molecule has 0 unspecified atom stereocenters. The Morgan fingerprint density at radius 3 is 2.50 bits per heavy atom. The third-order valence-corrected chi connectivity index (χ3v) is 5.33. The number of rotatable bonds is 6. The predicted octanol–water partition coefficient (Wildman–Crippen LogP) is 5.16. The molecule has 4 aromatic rings. The van der Waals surface area contributed by atoms with E-state index in [9.17, 15) is 9.59 Å². The molecule has 0 saturated carbocycles. The summed E-state index contributed by atoms with van der Waals surface area (Å²) in [5.41, 5.74) is 3.99. The molecule has 30 heavy (non-hydrogen) atoms. The number of ether oxygens (including phenoxy) is 1. The number of oxazole rings is 1. The zero-order chi connectivity index (χ0) is 20.9. The molecule has 1 amide bonds. The molecule has 0 atom stereocenters. The molecule has 0 aliphatic heterocycles. The molecule has 6 nitrogen and oxygen atoms in total. The number of carbonyl (C=O) groups excluding carboxylic acids is 2. The molecule has 0 spiro atoms. The number of hydrogen-bond acceptors (Lipinski definition) is 6. The van der Waals surface area contributed by atoms with Gasteiger partial charge in [-0.3, -0.25) is 4.79 Å². The Hall–Kier alpha value is -3.58. The number of hydrogen-bond donors (Lipinski definition) is 1. The summed E-state index contributed by atoms with van der Waals surface area (Å²) in [5.74, 6) is -0.110. The zero-order valence-corrected chi connectivity index (χ0v) is 16.9. The van der Waals surface area contributed by atoms with Crippen molar-refractivity contribution in [3.05, 3.63) is 89.5 Å². The smallest absolute Gasteiger partial charge is 0.337 e. The van der Waals surface area contributed by atoms with Crippen molar-refractivity contribution in [2.75, 3.05) is 12.4 Å². The Kier molecular flexibility index (Phi) is 5.81. The monoisotopic (exact) mass is 418 g/mol. The number of anilines is 1. The van der Waals surface area contributed by atoms with E-state index in [0.717, 1.165) is 16.7 Å². The fraction of sp³-hybridized carbons (Fsp3) is 0.0870. The number of benzene rings is 3. The molecule has 3 aromatic carbocycles. The van der Waals surface area contributed by atoms with Crippen LogP contribution in [0.25, 0.3) is 11.1 Å². The Morgan fingerprint density at radius 1 is 1.00 bits per heavy atom. The maximum atomic E-state index is 12.8. The maximum Gasteiger partial charge on any atom is 0.337 e. The first-order chi connectivity index (χ1) is 14.6. The molecule has 0 fully saturated rings. The van der Waals surface area contributed by atoms with Gasteiger partial charge in [0.1, 0.15) is 5.52 Å². The van der Waals surface area contributed by atoms with Crippen LogP contribution in [0, 0.1) is 0 Å². The van der Waals surface area contributed by atoms with Crippen LogP contribution < -0.4 is 5.32 Å². The lowest BCUT2D eigenvalue weighted by Crippen LogP contribution is -2.14. The van der Waals surface area contributed by atoms with E-state index in [4.69, 9.17) is 4.42 Å². The van der Waals surface area contributed by atoms with Gasteiger partial charge in [0.15, 0.2) is 5.58 Å². The highest BCUT2D eigenvalue weighted by molar-refractivity contribution is 7.98. The number of methoxy groups -OCH3 is 1. The number of carbonyl (C=O) groups is 2. The zero-order valence-electron chi connectivity index (χ0n) is 16.1. The van der Waals surface area contributed by atoms with Crippen molar-refractivity contribution < 1.29 is 18.7 Å². The third kappa shape index (κ3) is 4.36. The largest absolute Gasteiger partial charge is 0.465 e. The van der Waals surface area contributed by atoms with Crippen molar-refractivity contribution in [2.24, 2.45) is 0 Å². The molecule has 4 rings (SSSR count). The highest BCUT2D eigenvalue weighted by Crippen LogP contribution is 2.27. The Balaban J connectivity index is 1.46. The summed E-state index contributed by atoms with van der Waals surface area (Å²) in [6.07, 6.45) is 0. The van der Waals surface area contributed by atoms with E-state index in [1.54, 1.807) is 30.3 Å². The minimum Gasteiger partial charge on any atom is -0.465 e. The molecule has 150 valence electrons. The van der Waals surface area contributed by atoms with Crippen LogP contribution in [0.5, 0.6) is 0 Å². The summed E-state index contributed by atoms with van der Waals surface area (Å²) in [4.78, 5) is 28.8. The van der Waals surface area contributed by atoms with E-state index in [1.165, 1.54) is 18.9 Å². The van der Waals surface area contributed by atoms with Crippen LogP contribution in [0.15, 0.2) is 82.4 Å². The predicted molar refractivity (Wildman–Crippen MR) is 116 cm³/mol. The summed E-state index contributed by atoms with van der Waals surface area (Å²) in [6.45, 7) is 0. The minimum absolute atomic E-state index is 0.227. The van der Waals surface area contributed by atoms with Gasteiger partial charge in [0, 0.05) is 17.0 Å². The van der Waals surface area contributed by atoms with Crippen molar-refractivity contribution in [3.8, 4) is 0 Å². The average Bonchev–Trinajstić information content (AvgIpc) is 3.21. The Morgan fingerprint density at radius 2 is 1.73 bits per heavy atom. The van der Waals surface area contributed by atoms with Crippen LogP contribution in [-0.4, -0.2) is 24.0 Å². The molecule has 0 saturated heterocycles. The van der Waals surface area contributed by atoms with E-state index in [2.05, 4.69) is 15.0 Å². The minimum atomic E-state index is -0.422. The quantitative estimate of drug-likeness (QED) is 0.344. The van der Waals surface area contributed by atoms with Crippen molar-refractivity contribution >= 4 is 40.4 Å². The second-order valence-corrected chi connectivity index (χ2v) is 7.34. The van der Waals surface area contributed by atoms with Gasteiger partial charge in [0.25, 0.3) is 11.1 Å². The summed E-state index contributed by atoms with van der Waals surface area (Å²) in [6, 6.07) is 21.5. The van der Waals surface area contributed by atoms with Crippen molar-refractivity contribution in [2.45, 2.75) is 11.0 Å². The van der Waals surface area contributed by atoms with E-state index in [0.29, 0.717) is 27.8 Å². The van der Waals surface area contributed by atoms with Gasteiger partial charge in [-0.05, 0) is 48.0 Å². The summed E-state index contributed by atoms with van der Waals surface area (Å²) in [5, 5.41) is 3.42.